The number of piperidine rings is 1. The number of sulfone groups is 1. The molecular weight excluding hydrogens is 414 g/mol. The Morgan fingerprint density at radius 1 is 1.03 bits per heavy atom. The summed E-state index contributed by atoms with van der Waals surface area (Å²) < 4.78 is 53.5. The van der Waals surface area contributed by atoms with E-state index in [4.69, 9.17) is 0 Å². The van der Waals surface area contributed by atoms with Gasteiger partial charge in [0, 0.05) is 24.0 Å². The SMILES string of the molecule is Cc1ccc(-c2csc(N3CCC(S(=O)(=O)c4c(F)cccc4F)CC3)n2)cc1. The number of aromatic nitrogens is 1. The number of aryl methyl sites for hydroxylation is 1. The van der Waals surface area contributed by atoms with Gasteiger partial charge in [-0.15, -0.1) is 11.3 Å². The molecule has 0 spiro atoms. The van der Waals surface area contributed by atoms with Crippen molar-refractivity contribution in [2.45, 2.75) is 29.9 Å². The lowest BCUT2D eigenvalue weighted by Crippen LogP contribution is -2.39. The van der Waals surface area contributed by atoms with Crippen molar-refractivity contribution in [2.24, 2.45) is 0 Å². The van der Waals surface area contributed by atoms with Crippen LogP contribution in [0.1, 0.15) is 18.4 Å². The van der Waals surface area contributed by atoms with Crippen molar-refractivity contribution in [1.29, 1.82) is 0 Å². The third kappa shape index (κ3) is 3.91. The Hall–Kier alpha value is -2.32. The summed E-state index contributed by atoms with van der Waals surface area (Å²) in [4.78, 5) is 5.91. The van der Waals surface area contributed by atoms with Crippen LogP contribution in [0.15, 0.2) is 52.7 Å². The minimum atomic E-state index is -4.06. The van der Waals surface area contributed by atoms with E-state index in [9.17, 15) is 17.2 Å². The first-order valence-electron chi connectivity index (χ1n) is 9.31. The van der Waals surface area contributed by atoms with Crippen LogP contribution >= 0.6 is 11.3 Å². The van der Waals surface area contributed by atoms with E-state index in [0.717, 1.165) is 28.5 Å². The third-order valence-corrected chi connectivity index (χ3v) is 8.40. The first-order chi connectivity index (χ1) is 13.9. The van der Waals surface area contributed by atoms with E-state index >= 15 is 0 Å². The fourth-order valence-electron chi connectivity index (χ4n) is 3.54. The van der Waals surface area contributed by atoms with E-state index in [0.29, 0.717) is 25.9 Å². The summed E-state index contributed by atoms with van der Waals surface area (Å²) >= 11 is 1.51. The summed E-state index contributed by atoms with van der Waals surface area (Å²) in [6.45, 7) is 2.98. The molecule has 4 rings (SSSR count). The van der Waals surface area contributed by atoms with Gasteiger partial charge in [0.05, 0.1) is 10.9 Å². The van der Waals surface area contributed by atoms with Gasteiger partial charge in [-0.1, -0.05) is 35.9 Å². The maximum atomic E-state index is 14.0. The average Bonchev–Trinajstić information content (AvgIpc) is 3.18. The molecule has 29 heavy (non-hydrogen) atoms. The van der Waals surface area contributed by atoms with Gasteiger partial charge in [-0.3, -0.25) is 0 Å². The fourth-order valence-corrected chi connectivity index (χ4v) is 6.28. The first-order valence-corrected chi connectivity index (χ1v) is 11.7. The molecule has 3 aromatic rings. The zero-order valence-electron chi connectivity index (χ0n) is 15.8. The highest BCUT2D eigenvalue weighted by molar-refractivity contribution is 7.92. The monoisotopic (exact) mass is 434 g/mol. The Balaban J connectivity index is 1.48. The normalized spacial score (nSPS) is 15.6. The molecule has 0 saturated carbocycles. The van der Waals surface area contributed by atoms with E-state index in [1.54, 1.807) is 0 Å². The van der Waals surface area contributed by atoms with Crippen molar-refractivity contribution in [3.63, 3.8) is 0 Å². The molecule has 8 heteroatoms. The van der Waals surface area contributed by atoms with Crippen LogP contribution in [0.5, 0.6) is 0 Å². The Morgan fingerprint density at radius 3 is 2.28 bits per heavy atom. The first kappa shape index (κ1) is 20.0. The summed E-state index contributed by atoms with van der Waals surface area (Å²) in [6.07, 6.45) is 0.602. The molecule has 0 unspecified atom stereocenters. The van der Waals surface area contributed by atoms with Crippen molar-refractivity contribution in [3.05, 3.63) is 65.0 Å². The molecule has 0 bridgehead atoms. The number of hydrogen-bond donors (Lipinski definition) is 0. The molecule has 0 amide bonds. The highest BCUT2D eigenvalue weighted by Crippen LogP contribution is 2.33. The summed E-state index contributed by atoms with van der Waals surface area (Å²) in [7, 11) is -4.06. The predicted molar refractivity (Wildman–Crippen MR) is 111 cm³/mol. The molecule has 2 heterocycles. The topological polar surface area (TPSA) is 50.3 Å². The Bertz CT molecular complexity index is 1100. The second-order valence-electron chi connectivity index (χ2n) is 7.16. The average molecular weight is 435 g/mol. The molecule has 0 atom stereocenters. The van der Waals surface area contributed by atoms with Crippen molar-refractivity contribution < 1.29 is 17.2 Å². The van der Waals surface area contributed by atoms with Crippen molar-refractivity contribution in [3.8, 4) is 11.3 Å². The molecule has 0 N–H and O–H groups in total. The van der Waals surface area contributed by atoms with E-state index in [-0.39, 0.29) is 0 Å². The van der Waals surface area contributed by atoms with E-state index < -0.39 is 31.6 Å². The highest BCUT2D eigenvalue weighted by Gasteiger charge is 2.35. The molecule has 1 fully saturated rings. The largest absolute Gasteiger partial charge is 0.348 e. The van der Waals surface area contributed by atoms with Crippen LogP contribution in [0.3, 0.4) is 0 Å². The zero-order valence-corrected chi connectivity index (χ0v) is 17.4. The van der Waals surface area contributed by atoms with E-state index in [2.05, 4.69) is 4.98 Å². The van der Waals surface area contributed by atoms with Crippen LogP contribution in [-0.4, -0.2) is 31.7 Å². The summed E-state index contributed by atoms with van der Waals surface area (Å²) in [5.41, 5.74) is 3.09. The Morgan fingerprint density at radius 2 is 1.66 bits per heavy atom. The molecular formula is C21H20F2N2O2S2. The van der Waals surface area contributed by atoms with Gasteiger partial charge in [-0.05, 0) is 31.9 Å². The molecule has 2 aromatic carbocycles. The second-order valence-corrected chi connectivity index (χ2v) is 10.2. The highest BCUT2D eigenvalue weighted by atomic mass is 32.2. The standard InChI is InChI=1S/C21H20F2N2O2S2/c1-14-5-7-15(8-6-14)19-13-28-21(24-19)25-11-9-16(10-12-25)29(26,27)20-17(22)3-2-4-18(20)23/h2-8,13,16H,9-12H2,1H3. The number of nitrogens with zero attached hydrogens (tertiary/aromatic N) is 2. The number of hydrogen-bond acceptors (Lipinski definition) is 5. The van der Waals surface area contributed by atoms with Crippen molar-refractivity contribution in [2.75, 3.05) is 18.0 Å². The summed E-state index contributed by atoms with van der Waals surface area (Å²) in [5.74, 6) is -2.06. The lowest BCUT2D eigenvalue weighted by molar-refractivity contribution is 0.497. The summed E-state index contributed by atoms with van der Waals surface area (Å²) in [6, 6.07) is 11.2. The van der Waals surface area contributed by atoms with Gasteiger partial charge < -0.3 is 4.90 Å². The smallest absolute Gasteiger partial charge is 0.187 e. The van der Waals surface area contributed by atoms with Gasteiger partial charge in [-0.2, -0.15) is 0 Å². The molecule has 1 saturated heterocycles. The van der Waals surface area contributed by atoms with Gasteiger partial charge in [0.2, 0.25) is 0 Å². The van der Waals surface area contributed by atoms with Gasteiger partial charge >= 0.3 is 0 Å². The Kier molecular flexibility index (Phi) is 5.40. The second kappa shape index (κ2) is 7.84. The number of benzene rings is 2. The lowest BCUT2D eigenvalue weighted by atomic mass is 10.1. The summed E-state index contributed by atoms with van der Waals surface area (Å²) in [5, 5.41) is 2.01. The van der Waals surface area contributed by atoms with Crippen LogP contribution in [0.4, 0.5) is 13.9 Å². The van der Waals surface area contributed by atoms with E-state index in [1.165, 1.54) is 23.0 Å². The number of anilines is 1. The molecule has 152 valence electrons. The molecule has 1 aliphatic rings. The van der Waals surface area contributed by atoms with Crippen molar-refractivity contribution >= 4 is 26.3 Å². The minimum Gasteiger partial charge on any atom is -0.348 e. The predicted octanol–water partition coefficient (Wildman–Crippen LogP) is 4.84. The van der Waals surface area contributed by atoms with Gasteiger partial charge in [0.1, 0.15) is 16.5 Å². The third-order valence-electron chi connectivity index (χ3n) is 5.19. The van der Waals surface area contributed by atoms with Crippen LogP contribution in [0.2, 0.25) is 0 Å². The van der Waals surface area contributed by atoms with E-state index in [1.807, 2.05) is 41.5 Å². The van der Waals surface area contributed by atoms with Crippen LogP contribution in [0.25, 0.3) is 11.3 Å². The lowest BCUT2D eigenvalue weighted by Gasteiger charge is -2.31. The number of rotatable bonds is 4. The number of thiazole rings is 1. The zero-order chi connectivity index (χ0) is 20.6. The molecule has 1 aliphatic heterocycles. The fraction of sp³-hybridized carbons (Fsp3) is 0.286. The van der Waals surface area contributed by atoms with Gasteiger partial charge in [0.15, 0.2) is 15.0 Å². The maximum absolute atomic E-state index is 14.0. The number of halogens is 2. The molecule has 4 nitrogen and oxygen atoms in total. The van der Waals surface area contributed by atoms with Gasteiger partial charge in [0.25, 0.3) is 0 Å². The molecule has 0 aliphatic carbocycles. The van der Waals surface area contributed by atoms with Crippen LogP contribution in [-0.2, 0) is 9.84 Å². The minimum absolute atomic E-state index is 0.301. The maximum Gasteiger partial charge on any atom is 0.187 e. The Labute approximate surface area is 172 Å². The van der Waals surface area contributed by atoms with Crippen molar-refractivity contribution in [1.82, 2.24) is 4.98 Å². The van der Waals surface area contributed by atoms with Gasteiger partial charge in [-0.25, -0.2) is 22.2 Å². The molecule has 1 aromatic heterocycles. The molecule has 0 radical (unpaired) electrons. The van der Waals surface area contributed by atoms with Crippen LogP contribution < -0.4 is 4.90 Å². The van der Waals surface area contributed by atoms with Crippen LogP contribution in [0, 0.1) is 18.6 Å². The quantitative estimate of drug-likeness (QED) is 0.590.